The molecule has 8 heteroatoms. The summed E-state index contributed by atoms with van der Waals surface area (Å²) in [6.07, 6.45) is 0.378. The lowest BCUT2D eigenvalue weighted by Crippen LogP contribution is -2.41. The quantitative estimate of drug-likeness (QED) is 0.580. The molecule has 0 fully saturated rings. The van der Waals surface area contributed by atoms with Gasteiger partial charge in [0.05, 0.1) is 19.8 Å². The minimum Gasteiger partial charge on any atom is -0.493 e. The number of hydrazine groups is 1. The Morgan fingerprint density at radius 2 is 1.73 bits per heavy atom. The van der Waals surface area contributed by atoms with Gasteiger partial charge in [-0.25, -0.2) is 4.39 Å². The number of aryl methyl sites for hydroxylation is 1. The average Bonchev–Trinajstić information content (AvgIpc) is 3.24. The monoisotopic (exact) mass is 412 g/mol. The van der Waals surface area contributed by atoms with E-state index in [2.05, 4.69) is 10.9 Å². The molecule has 30 heavy (non-hydrogen) atoms. The van der Waals surface area contributed by atoms with E-state index in [-0.39, 0.29) is 12.2 Å². The Hall–Kier alpha value is -3.81. The zero-order valence-electron chi connectivity index (χ0n) is 16.5. The Labute approximate surface area is 172 Å². The molecule has 0 aliphatic rings. The second-order valence-corrected chi connectivity index (χ2v) is 6.32. The molecule has 1 aromatic heterocycles. The molecule has 1 heterocycles. The number of nitrogens with one attached hydrogen (secondary N) is 2. The van der Waals surface area contributed by atoms with Gasteiger partial charge in [-0.2, -0.15) is 0 Å². The first-order valence-electron chi connectivity index (χ1n) is 9.16. The summed E-state index contributed by atoms with van der Waals surface area (Å²) >= 11 is 0. The number of carbonyl (C=O) groups excluding carboxylic acids is 2. The van der Waals surface area contributed by atoms with E-state index in [1.807, 2.05) is 0 Å². The van der Waals surface area contributed by atoms with Crippen molar-refractivity contribution in [3.8, 4) is 22.8 Å². The lowest BCUT2D eigenvalue weighted by Gasteiger charge is -2.10. The standard InChI is InChI=1S/C22H21FN2O5/c1-28-19-10-7-14(13-20(19)29-2)22(27)25-24-21(26)12-9-15-8-11-18(30-15)16-5-3-4-6-17(16)23/h3-8,10-11,13H,9,12H2,1-2H3,(H,24,26)(H,25,27). The highest BCUT2D eigenvalue weighted by molar-refractivity contribution is 5.96. The van der Waals surface area contributed by atoms with E-state index in [0.29, 0.717) is 40.6 Å². The fourth-order valence-corrected chi connectivity index (χ4v) is 2.79. The zero-order chi connectivity index (χ0) is 21.5. The number of rotatable bonds is 7. The number of benzene rings is 2. The van der Waals surface area contributed by atoms with Crippen LogP contribution in [-0.4, -0.2) is 26.0 Å². The lowest BCUT2D eigenvalue weighted by molar-refractivity contribution is -0.121. The smallest absolute Gasteiger partial charge is 0.269 e. The van der Waals surface area contributed by atoms with Crippen molar-refractivity contribution in [2.75, 3.05) is 14.2 Å². The van der Waals surface area contributed by atoms with Crippen molar-refractivity contribution in [2.45, 2.75) is 12.8 Å². The summed E-state index contributed by atoms with van der Waals surface area (Å²) in [5, 5.41) is 0. The molecule has 2 amide bonds. The van der Waals surface area contributed by atoms with Gasteiger partial charge < -0.3 is 13.9 Å². The van der Waals surface area contributed by atoms with Crippen LogP contribution in [-0.2, 0) is 11.2 Å². The van der Waals surface area contributed by atoms with E-state index in [1.54, 1.807) is 42.5 Å². The first kappa shape index (κ1) is 20.9. The SMILES string of the molecule is COc1ccc(C(=O)NNC(=O)CCc2ccc(-c3ccccc3F)o2)cc1OC. The Morgan fingerprint density at radius 3 is 2.47 bits per heavy atom. The topological polar surface area (TPSA) is 89.8 Å². The molecule has 156 valence electrons. The molecule has 2 aromatic carbocycles. The van der Waals surface area contributed by atoms with Gasteiger partial charge in [0, 0.05) is 18.4 Å². The molecule has 3 aromatic rings. The maximum absolute atomic E-state index is 13.8. The average molecular weight is 412 g/mol. The molecule has 0 spiro atoms. The molecule has 3 rings (SSSR count). The third-order valence-electron chi connectivity index (χ3n) is 4.36. The highest BCUT2D eigenvalue weighted by Gasteiger charge is 2.13. The second kappa shape index (κ2) is 9.60. The van der Waals surface area contributed by atoms with E-state index in [9.17, 15) is 14.0 Å². The predicted molar refractivity (Wildman–Crippen MR) is 108 cm³/mol. The number of amides is 2. The number of carbonyl (C=O) groups is 2. The van der Waals surface area contributed by atoms with Gasteiger partial charge in [-0.05, 0) is 42.5 Å². The van der Waals surface area contributed by atoms with Gasteiger partial charge in [-0.3, -0.25) is 20.4 Å². The fourth-order valence-electron chi connectivity index (χ4n) is 2.79. The molecule has 0 unspecified atom stereocenters. The summed E-state index contributed by atoms with van der Waals surface area (Å²) in [6, 6.07) is 14.3. The molecule has 0 atom stereocenters. The minimum atomic E-state index is -0.496. The summed E-state index contributed by atoms with van der Waals surface area (Å²) < 4.78 is 29.7. The van der Waals surface area contributed by atoms with E-state index < -0.39 is 11.8 Å². The third-order valence-corrected chi connectivity index (χ3v) is 4.36. The molecular weight excluding hydrogens is 391 g/mol. The summed E-state index contributed by atoms with van der Waals surface area (Å²) in [5.74, 6) is 0.553. The van der Waals surface area contributed by atoms with Crippen molar-refractivity contribution in [3.63, 3.8) is 0 Å². The van der Waals surface area contributed by atoms with Crippen LogP contribution in [0.15, 0.2) is 59.0 Å². The van der Waals surface area contributed by atoms with Crippen LogP contribution < -0.4 is 20.3 Å². The van der Waals surface area contributed by atoms with Crippen molar-refractivity contribution < 1.29 is 27.9 Å². The molecule has 7 nitrogen and oxygen atoms in total. The maximum atomic E-state index is 13.8. The Kier molecular flexibility index (Phi) is 6.69. The summed E-state index contributed by atoms with van der Waals surface area (Å²) in [7, 11) is 2.96. The van der Waals surface area contributed by atoms with Crippen LogP contribution in [0.5, 0.6) is 11.5 Å². The van der Waals surface area contributed by atoms with Gasteiger partial charge in [0.15, 0.2) is 11.5 Å². The molecule has 0 saturated heterocycles. The third kappa shape index (κ3) is 4.96. The summed E-state index contributed by atoms with van der Waals surface area (Å²) in [4.78, 5) is 24.2. The molecule has 0 radical (unpaired) electrons. The maximum Gasteiger partial charge on any atom is 0.269 e. The van der Waals surface area contributed by atoms with Gasteiger partial charge >= 0.3 is 0 Å². The number of hydrogen-bond donors (Lipinski definition) is 2. The van der Waals surface area contributed by atoms with Crippen molar-refractivity contribution >= 4 is 11.8 Å². The Morgan fingerprint density at radius 1 is 0.967 bits per heavy atom. The Balaban J connectivity index is 1.51. The van der Waals surface area contributed by atoms with E-state index in [0.717, 1.165) is 0 Å². The normalized spacial score (nSPS) is 10.4. The van der Waals surface area contributed by atoms with Crippen LogP contribution in [0.2, 0.25) is 0 Å². The van der Waals surface area contributed by atoms with Crippen LogP contribution >= 0.6 is 0 Å². The van der Waals surface area contributed by atoms with Crippen molar-refractivity contribution in [2.24, 2.45) is 0 Å². The van der Waals surface area contributed by atoms with Crippen molar-refractivity contribution in [1.82, 2.24) is 10.9 Å². The Bertz CT molecular complexity index is 1050. The molecule has 2 N–H and O–H groups in total. The first-order valence-corrected chi connectivity index (χ1v) is 9.16. The van der Waals surface area contributed by atoms with Gasteiger partial charge in [0.25, 0.3) is 5.91 Å². The van der Waals surface area contributed by atoms with Crippen LogP contribution in [0.25, 0.3) is 11.3 Å². The van der Waals surface area contributed by atoms with E-state index in [1.165, 1.54) is 26.4 Å². The largest absolute Gasteiger partial charge is 0.493 e. The van der Waals surface area contributed by atoms with Gasteiger partial charge in [-0.1, -0.05) is 12.1 Å². The second-order valence-electron chi connectivity index (χ2n) is 6.32. The number of hydrogen-bond acceptors (Lipinski definition) is 5. The molecule has 0 aliphatic heterocycles. The van der Waals surface area contributed by atoms with Crippen LogP contribution in [0.1, 0.15) is 22.5 Å². The lowest BCUT2D eigenvalue weighted by atomic mass is 10.1. The van der Waals surface area contributed by atoms with E-state index in [4.69, 9.17) is 13.9 Å². The highest BCUT2D eigenvalue weighted by atomic mass is 19.1. The van der Waals surface area contributed by atoms with E-state index >= 15 is 0 Å². The van der Waals surface area contributed by atoms with Gasteiger partial charge in [-0.15, -0.1) is 0 Å². The first-order chi connectivity index (χ1) is 14.5. The number of ether oxygens (including phenoxy) is 2. The van der Waals surface area contributed by atoms with Crippen LogP contribution in [0.3, 0.4) is 0 Å². The molecular formula is C22H21FN2O5. The van der Waals surface area contributed by atoms with Crippen molar-refractivity contribution in [1.29, 1.82) is 0 Å². The highest BCUT2D eigenvalue weighted by Crippen LogP contribution is 2.27. The number of methoxy groups -OCH3 is 2. The van der Waals surface area contributed by atoms with Crippen LogP contribution in [0.4, 0.5) is 4.39 Å². The minimum absolute atomic E-state index is 0.0798. The summed E-state index contributed by atoms with van der Waals surface area (Å²) in [6.45, 7) is 0. The van der Waals surface area contributed by atoms with Gasteiger partial charge in [0.2, 0.25) is 5.91 Å². The predicted octanol–water partition coefficient (Wildman–Crippen LogP) is 3.50. The van der Waals surface area contributed by atoms with Gasteiger partial charge in [0.1, 0.15) is 17.3 Å². The fraction of sp³-hybridized carbons (Fsp3) is 0.182. The number of halogens is 1. The zero-order valence-corrected chi connectivity index (χ0v) is 16.5. The molecule has 0 bridgehead atoms. The molecule has 0 aliphatic carbocycles. The van der Waals surface area contributed by atoms with Crippen molar-refractivity contribution in [3.05, 3.63) is 71.7 Å². The van der Waals surface area contributed by atoms with Crippen LogP contribution in [0, 0.1) is 5.82 Å². The summed E-state index contributed by atoms with van der Waals surface area (Å²) in [5.41, 5.74) is 5.36. The molecule has 0 saturated carbocycles. The number of furan rings is 1.